The van der Waals surface area contributed by atoms with Crippen LogP contribution in [0.4, 0.5) is 5.95 Å². The van der Waals surface area contributed by atoms with Gasteiger partial charge in [0.15, 0.2) is 0 Å². The number of fused-ring (bicyclic) bond motifs is 3. The Bertz CT molecular complexity index is 1080. The lowest BCUT2D eigenvalue weighted by atomic mass is 10.0. The second kappa shape index (κ2) is 6.29. The van der Waals surface area contributed by atoms with Gasteiger partial charge in [0.25, 0.3) is 10.0 Å². The van der Waals surface area contributed by atoms with E-state index in [1.165, 1.54) is 12.1 Å². The first-order chi connectivity index (χ1) is 12.3. The standard InChI is InChI=1S/C15H14ClN5O2S3/c1-7-3-11(10(24)4-9(7)16)26(22,23)20-15-19-18-13-12-8(2)5-25-14(12)17-6-21(13)15/h3-6,12,14,24H,1-2H3,(H,19,20). The highest BCUT2D eigenvalue weighted by molar-refractivity contribution is 8.03. The summed E-state index contributed by atoms with van der Waals surface area (Å²) in [5.74, 6) is 0.751. The average Bonchev–Trinajstić information content (AvgIpc) is 3.14. The number of rotatable bonds is 3. The number of halogens is 1. The fraction of sp³-hybridized carbons (Fsp3) is 0.267. The molecule has 2 aliphatic rings. The van der Waals surface area contributed by atoms with Gasteiger partial charge in [-0.15, -0.1) is 34.6 Å². The minimum Gasteiger partial charge on any atom is -0.259 e. The second-order valence-corrected chi connectivity index (χ2v) is 9.59. The first-order valence-corrected chi connectivity index (χ1v) is 10.8. The Morgan fingerprint density at radius 2 is 2.08 bits per heavy atom. The number of hydrogen-bond acceptors (Lipinski definition) is 7. The molecule has 3 heterocycles. The van der Waals surface area contributed by atoms with Crippen molar-refractivity contribution in [2.45, 2.75) is 34.9 Å². The van der Waals surface area contributed by atoms with Gasteiger partial charge in [0.1, 0.15) is 16.1 Å². The Hall–Kier alpha value is -1.49. The van der Waals surface area contributed by atoms with Gasteiger partial charge >= 0.3 is 0 Å². The summed E-state index contributed by atoms with van der Waals surface area (Å²) in [5, 5.41) is 10.7. The molecule has 0 saturated carbocycles. The zero-order valence-corrected chi connectivity index (χ0v) is 17.0. The van der Waals surface area contributed by atoms with Crippen LogP contribution < -0.4 is 4.72 Å². The number of thioether (sulfide) groups is 1. The summed E-state index contributed by atoms with van der Waals surface area (Å²) in [4.78, 5) is 4.75. The summed E-state index contributed by atoms with van der Waals surface area (Å²) >= 11 is 11.9. The van der Waals surface area contributed by atoms with Crippen LogP contribution in [0.5, 0.6) is 0 Å². The number of benzene rings is 1. The zero-order valence-electron chi connectivity index (χ0n) is 13.7. The predicted octanol–water partition coefficient (Wildman–Crippen LogP) is 3.28. The summed E-state index contributed by atoms with van der Waals surface area (Å²) in [7, 11) is -3.91. The lowest BCUT2D eigenvalue weighted by Gasteiger charge is -2.21. The van der Waals surface area contributed by atoms with Crippen molar-refractivity contribution < 1.29 is 8.42 Å². The maximum absolute atomic E-state index is 12.8. The van der Waals surface area contributed by atoms with Crippen molar-refractivity contribution in [2.24, 2.45) is 4.99 Å². The van der Waals surface area contributed by atoms with Crippen LogP contribution in [-0.4, -0.2) is 34.9 Å². The number of thiol groups is 1. The van der Waals surface area contributed by atoms with Crippen LogP contribution in [-0.2, 0) is 10.0 Å². The van der Waals surface area contributed by atoms with E-state index >= 15 is 0 Å². The van der Waals surface area contributed by atoms with Gasteiger partial charge < -0.3 is 0 Å². The Kier molecular flexibility index (Phi) is 4.33. The number of nitrogens with zero attached hydrogens (tertiary/aromatic N) is 4. The van der Waals surface area contributed by atoms with Gasteiger partial charge in [-0.2, -0.15) is 0 Å². The van der Waals surface area contributed by atoms with Crippen LogP contribution >= 0.6 is 36.0 Å². The number of aryl methyl sites for hydroxylation is 1. The topological polar surface area (TPSA) is 89.2 Å². The molecule has 2 aromatic rings. The molecule has 4 rings (SSSR count). The van der Waals surface area contributed by atoms with Crippen LogP contribution in [0.2, 0.25) is 5.02 Å². The van der Waals surface area contributed by atoms with Crippen molar-refractivity contribution in [3.63, 3.8) is 0 Å². The van der Waals surface area contributed by atoms with Crippen LogP contribution in [0, 0.1) is 6.92 Å². The molecule has 1 aromatic carbocycles. The Balaban J connectivity index is 1.72. The van der Waals surface area contributed by atoms with Crippen molar-refractivity contribution in [1.82, 2.24) is 14.8 Å². The number of aliphatic imine (C=N–C) groups is 1. The lowest BCUT2D eigenvalue weighted by Crippen LogP contribution is -2.24. The molecule has 0 saturated heterocycles. The van der Waals surface area contributed by atoms with Gasteiger partial charge in [-0.05, 0) is 37.0 Å². The van der Waals surface area contributed by atoms with E-state index in [0.29, 0.717) is 16.4 Å². The molecule has 11 heteroatoms. The average molecular weight is 428 g/mol. The summed E-state index contributed by atoms with van der Waals surface area (Å²) in [6.45, 7) is 3.73. The molecular formula is C15H14ClN5O2S3. The third-order valence-electron chi connectivity index (χ3n) is 4.25. The first kappa shape index (κ1) is 17.9. The predicted molar refractivity (Wildman–Crippen MR) is 106 cm³/mol. The fourth-order valence-electron chi connectivity index (χ4n) is 2.87. The van der Waals surface area contributed by atoms with Crippen molar-refractivity contribution in [3.8, 4) is 0 Å². The van der Waals surface area contributed by atoms with Crippen molar-refractivity contribution >= 4 is 58.3 Å². The van der Waals surface area contributed by atoms with E-state index in [0.717, 1.165) is 5.57 Å². The molecule has 0 radical (unpaired) electrons. The van der Waals surface area contributed by atoms with Crippen molar-refractivity contribution in [3.05, 3.63) is 39.5 Å². The SMILES string of the molecule is CC1=CSC2N=Cn3c(NS(=O)(=O)c4cc(C)c(Cl)cc4S)nnc3C12. The number of anilines is 1. The molecule has 136 valence electrons. The van der Waals surface area contributed by atoms with Crippen LogP contribution in [0.25, 0.3) is 0 Å². The zero-order chi connectivity index (χ0) is 18.6. The molecule has 0 bridgehead atoms. The van der Waals surface area contributed by atoms with E-state index in [2.05, 4.69) is 32.5 Å². The molecule has 26 heavy (non-hydrogen) atoms. The van der Waals surface area contributed by atoms with Gasteiger partial charge in [0.2, 0.25) is 5.95 Å². The van der Waals surface area contributed by atoms with E-state index in [1.807, 2.05) is 12.3 Å². The summed E-state index contributed by atoms with van der Waals surface area (Å²) < 4.78 is 29.7. The van der Waals surface area contributed by atoms with Crippen LogP contribution in [0.3, 0.4) is 0 Å². The molecule has 0 aliphatic carbocycles. The number of aromatic nitrogens is 3. The van der Waals surface area contributed by atoms with Gasteiger partial charge in [0.05, 0.1) is 12.3 Å². The van der Waals surface area contributed by atoms with E-state index in [4.69, 9.17) is 11.6 Å². The highest BCUT2D eigenvalue weighted by Gasteiger charge is 2.37. The number of nitrogens with one attached hydrogen (secondary N) is 1. The molecule has 1 N–H and O–H groups in total. The summed E-state index contributed by atoms with van der Waals surface area (Å²) in [6.07, 6.45) is 1.56. The minimum absolute atomic E-state index is 0.00558. The normalized spacial score (nSPS) is 21.3. The molecular weight excluding hydrogens is 414 g/mol. The summed E-state index contributed by atoms with van der Waals surface area (Å²) in [5.41, 5.74) is 1.77. The third-order valence-corrected chi connectivity index (χ3v) is 7.73. The number of hydrogen-bond donors (Lipinski definition) is 2. The largest absolute Gasteiger partial charge is 0.265 e. The van der Waals surface area contributed by atoms with Crippen LogP contribution in [0.15, 0.2) is 37.9 Å². The maximum atomic E-state index is 12.8. The van der Waals surface area contributed by atoms with Gasteiger partial charge in [0, 0.05) is 9.92 Å². The molecule has 1 aromatic heterocycles. The fourth-order valence-corrected chi connectivity index (χ4v) is 5.94. The quantitative estimate of drug-likeness (QED) is 0.733. The smallest absolute Gasteiger partial charge is 0.259 e. The van der Waals surface area contributed by atoms with Gasteiger partial charge in [-0.1, -0.05) is 17.2 Å². The molecule has 2 aliphatic heterocycles. The van der Waals surface area contributed by atoms with Crippen molar-refractivity contribution in [1.29, 1.82) is 0 Å². The number of sulfonamides is 1. The van der Waals surface area contributed by atoms with Crippen molar-refractivity contribution in [2.75, 3.05) is 4.72 Å². The van der Waals surface area contributed by atoms with E-state index in [-0.39, 0.29) is 27.0 Å². The molecule has 2 unspecified atom stereocenters. The molecule has 0 spiro atoms. The highest BCUT2D eigenvalue weighted by Crippen LogP contribution is 2.44. The second-order valence-electron chi connectivity index (χ2n) is 6.06. The molecule has 0 amide bonds. The Labute approximate surface area is 165 Å². The van der Waals surface area contributed by atoms with Gasteiger partial charge in [-0.25, -0.2) is 13.1 Å². The Morgan fingerprint density at radius 1 is 1.31 bits per heavy atom. The monoisotopic (exact) mass is 427 g/mol. The maximum Gasteiger partial charge on any atom is 0.265 e. The molecule has 0 fully saturated rings. The lowest BCUT2D eigenvalue weighted by molar-refractivity contribution is 0.598. The first-order valence-electron chi connectivity index (χ1n) is 7.60. The highest BCUT2D eigenvalue weighted by atomic mass is 35.5. The van der Waals surface area contributed by atoms with E-state index in [1.54, 1.807) is 29.6 Å². The minimum atomic E-state index is -3.91. The van der Waals surface area contributed by atoms with E-state index in [9.17, 15) is 8.42 Å². The summed E-state index contributed by atoms with van der Waals surface area (Å²) in [6, 6.07) is 2.98. The van der Waals surface area contributed by atoms with Crippen LogP contribution in [0.1, 0.15) is 24.2 Å². The van der Waals surface area contributed by atoms with E-state index < -0.39 is 10.0 Å². The molecule has 7 nitrogen and oxygen atoms in total. The van der Waals surface area contributed by atoms with Gasteiger partial charge in [-0.3, -0.25) is 9.56 Å². The Morgan fingerprint density at radius 3 is 2.85 bits per heavy atom. The molecule has 2 atom stereocenters. The third kappa shape index (κ3) is 2.84.